The van der Waals surface area contributed by atoms with E-state index >= 15 is 0 Å². The first kappa shape index (κ1) is 13.5. The van der Waals surface area contributed by atoms with Crippen LogP contribution in [0.5, 0.6) is 0 Å². The standard InChI is InChI=1S/C13H22N4S/c1-4-17(10-7-5-6-8-10)12-9-11(14-2)15-13(16-12)18-3/h9-10H,4-8H2,1-3H3,(H,14,15,16). The van der Waals surface area contributed by atoms with Gasteiger partial charge in [0.05, 0.1) is 0 Å². The van der Waals surface area contributed by atoms with Gasteiger partial charge < -0.3 is 10.2 Å². The second-order valence-corrected chi connectivity index (χ2v) is 5.35. The zero-order chi connectivity index (χ0) is 13.0. The van der Waals surface area contributed by atoms with E-state index in [0.717, 1.165) is 23.3 Å². The van der Waals surface area contributed by atoms with Crippen molar-refractivity contribution in [3.8, 4) is 0 Å². The van der Waals surface area contributed by atoms with Gasteiger partial charge in [0.15, 0.2) is 5.16 Å². The summed E-state index contributed by atoms with van der Waals surface area (Å²) in [6.07, 6.45) is 7.30. The van der Waals surface area contributed by atoms with E-state index in [9.17, 15) is 0 Å². The molecule has 1 heterocycles. The Morgan fingerprint density at radius 2 is 2.11 bits per heavy atom. The van der Waals surface area contributed by atoms with E-state index in [0.29, 0.717) is 6.04 Å². The van der Waals surface area contributed by atoms with Crippen LogP contribution in [0.15, 0.2) is 11.2 Å². The molecule has 0 atom stereocenters. The SMILES string of the molecule is CCN(c1cc(NC)nc(SC)n1)C1CCCC1. The predicted molar refractivity (Wildman–Crippen MR) is 78.6 cm³/mol. The molecule has 1 aromatic heterocycles. The van der Waals surface area contributed by atoms with Crippen LogP contribution >= 0.6 is 11.8 Å². The first-order valence-electron chi connectivity index (χ1n) is 6.66. The maximum absolute atomic E-state index is 4.65. The quantitative estimate of drug-likeness (QED) is 0.655. The summed E-state index contributed by atoms with van der Waals surface area (Å²) >= 11 is 1.59. The molecule has 100 valence electrons. The van der Waals surface area contributed by atoms with Crippen molar-refractivity contribution >= 4 is 23.4 Å². The van der Waals surface area contributed by atoms with E-state index < -0.39 is 0 Å². The number of nitrogens with one attached hydrogen (secondary N) is 1. The average Bonchev–Trinajstić information content (AvgIpc) is 2.93. The van der Waals surface area contributed by atoms with Crippen molar-refractivity contribution in [1.29, 1.82) is 0 Å². The Kier molecular flexibility index (Phi) is 4.69. The maximum atomic E-state index is 4.65. The zero-order valence-electron chi connectivity index (χ0n) is 11.4. The van der Waals surface area contributed by atoms with E-state index in [2.05, 4.69) is 33.2 Å². The predicted octanol–water partition coefficient (Wildman–Crippen LogP) is 3.01. The lowest BCUT2D eigenvalue weighted by Crippen LogP contribution is -2.33. The molecular weight excluding hydrogens is 244 g/mol. The number of anilines is 2. The lowest BCUT2D eigenvalue weighted by molar-refractivity contribution is 0.609. The lowest BCUT2D eigenvalue weighted by Gasteiger charge is -2.29. The summed E-state index contributed by atoms with van der Waals surface area (Å²) in [5.41, 5.74) is 0. The Balaban J connectivity index is 2.28. The normalized spacial score (nSPS) is 15.9. The van der Waals surface area contributed by atoms with E-state index in [1.807, 2.05) is 13.3 Å². The first-order chi connectivity index (χ1) is 8.78. The molecule has 1 aliphatic carbocycles. The summed E-state index contributed by atoms with van der Waals surface area (Å²) in [6, 6.07) is 2.71. The molecule has 0 spiro atoms. The van der Waals surface area contributed by atoms with Gasteiger partial charge in [-0.05, 0) is 26.0 Å². The summed E-state index contributed by atoms with van der Waals surface area (Å²) in [5, 5.41) is 3.96. The first-order valence-corrected chi connectivity index (χ1v) is 7.88. The molecular formula is C13H22N4S. The van der Waals surface area contributed by atoms with Gasteiger partial charge in [0.25, 0.3) is 0 Å². The second-order valence-electron chi connectivity index (χ2n) is 4.57. The van der Waals surface area contributed by atoms with Gasteiger partial charge in [-0.25, -0.2) is 9.97 Å². The van der Waals surface area contributed by atoms with Crippen LogP contribution in [0.25, 0.3) is 0 Å². The van der Waals surface area contributed by atoms with Crippen molar-refractivity contribution in [2.24, 2.45) is 0 Å². The molecule has 0 bridgehead atoms. The Bertz CT molecular complexity index is 368. The fraction of sp³-hybridized carbons (Fsp3) is 0.692. The molecule has 0 amide bonds. The van der Waals surface area contributed by atoms with Crippen LogP contribution in [0.2, 0.25) is 0 Å². The molecule has 18 heavy (non-hydrogen) atoms. The summed E-state index contributed by atoms with van der Waals surface area (Å²) in [5.74, 6) is 1.97. The average molecular weight is 266 g/mol. The highest BCUT2D eigenvalue weighted by Gasteiger charge is 2.23. The largest absolute Gasteiger partial charge is 0.373 e. The van der Waals surface area contributed by atoms with Crippen LogP contribution in [0.1, 0.15) is 32.6 Å². The molecule has 1 aliphatic rings. The van der Waals surface area contributed by atoms with Crippen molar-refractivity contribution < 1.29 is 0 Å². The third-order valence-corrected chi connectivity index (χ3v) is 4.08. The fourth-order valence-electron chi connectivity index (χ4n) is 2.60. The third kappa shape index (κ3) is 2.88. The van der Waals surface area contributed by atoms with Crippen LogP contribution in [-0.4, -0.2) is 35.9 Å². The van der Waals surface area contributed by atoms with E-state index in [1.165, 1.54) is 25.7 Å². The molecule has 1 fully saturated rings. The van der Waals surface area contributed by atoms with Crippen LogP contribution in [-0.2, 0) is 0 Å². The smallest absolute Gasteiger partial charge is 0.191 e. The van der Waals surface area contributed by atoms with Gasteiger partial charge >= 0.3 is 0 Å². The number of nitrogens with zero attached hydrogens (tertiary/aromatic N) is 3. The number of thioether (sulfide) groups is 1. The second kappa shape index (κ2) is 6.27. The molecule has 0 aliphatic heterocycles. The Morgan fingerprint density at radius 3 is 2.67 bits per heavy atom. The van der Waals surface area contributed by atoms with Gasteiger partial charge in [-0.2, -0.15) is 0 Å². The Hall–Kier alpha value is -0.970. The molecule has 5 heteroatoms. The van der Waals surface area contributed by atoms with Gasteiger partial charge in [-0.1, -0.05) is 24.6 Å². The summed E-state index contributed by atoms with van der Waals surface area (Å²) in [4.78, 5) is 11.5. The molecule has 0 unspecified atom stereocenters. The molecule has 1 saturated carbocycles. The minimum atomic E-state index is 0.657. The van der Waals surface area contributed by atoms with Gasteiger partial charge in [-0.3, -0.25) is 0 Å². The van der Waals surface area contributed by atoms with Crippen molar-refractivity contribution in [1.82, 2.24) is 9.97 Å². The van der Waals surface area contributed by atoms with Gasteiger partial charge in [0.1, 0.15) is 11.6 Å². The number of aromatic nitrogens is 2. The zero-order valence-corrected chi connectivity index (χ0v) is 12.3. The summed E-state index contributed by atoms with van der Waals surface area (Å²) in [6.45, 7) is 3.22. The summed E-state index contributed by atoms with van der Waals surface area (Å²) < 4.78 is 0. The van der Waals surface area contributed by atoms with Gasteiger partial charge in [0, 0.05) is 25.7 Å². The summed E-state index contributed by atoms with van der Waals surface area (Å²) in [7, 11) is 1.90. The van der Waals surface area contributed by atoms with E-state index in [-0.39, 0.29) is 0 Å². The van der Waals surface area contributed by atoms with Crippen molar-refractivity contribution in [2.75, 3.05) is 30.1 Å². The molecule has 4 nitrogen and oxygen atoms in total. The fourth-order valence-corrected chi connectivity index (χ4v) is 2.98. The molecule has 0 radical (unpaired) electrons. The lowest BCUT2D eigenvalue weighted by atomic mass is 10.2. The maximum Gasteiger partial charge on any atom is 0.191 e. The Morgan fingerprint density at radius 1 is 1.39 bits per heavy atom. The van der Waals surface area contributed by atoms with E-state index in [1.54, 1.807) is 11.8 Å². The van der Waals surface area contributed by atoms with Crippen LogP contribution in [0, 0.1) is 0 Å². The topological polar surface area (TPSA) is 41.0 Å². The molecule has 0 saturated heterocycles. The number of hydrogen-bond donors (Lipinski definition) is 1. The minimum absolute atomic E-state index is 0.657. The molecule has 2 rings (SSSR count). The van der Waals surface area contributed by atoms with Crippen molar-refractivity contribution in [3.05, 3.63) is 6.07 Å². The third-order valence-electron chi connectivity index (χ3n) is 3.53. The van der Waals surface area contributed by atoms with Gasteiger partial charge in [-0.15, -0.1) is 0 Å². The van der Waals surface area contributed by atoms with Crippen molar-refractivity contribution in [2.45, 2.75) is 43.8 Å². The van der Waals surface area contributed by atoms with Crippen LogP contribution in [0.3, 0.4) is 0 Å². The van der Waals surface area contributed by atoms with Crippen molar-refractivity contribution in [3.63, 3.8) is 0 Å². The highest BCUT2D eigenvalue weighted by molar-refractivity contribution is 7.98. The van der Waals surface area contributed by atoms with Crippen LogP contribution < -0.4 is 10.2 Å². The number of hydrogen-bond acceptors (Lipinski definition) is 5. The highest BCUT2D eigenvalue weighted by atomic mass is 32.2. The highest BCUT2D eigenvalue weighted by Crippen LogP contribution is 2.28. The molecule has 0 aromatic carbocycles. The Labute approximate surface area is 114 Å². The van der Waals surface area contributed by atoms with Crippen LogP contribution in [0.4, 0.5) is 11.6 Å². The van der Waals surface area contributed by atoms with Gasteiger partial charge in [0.2, 0.25) is 0 Å². The molecule has 1 N–H and O–H groups in total. The minimum Gasteiger partial charge on any atom is -0.373 e. The van der Waals surface area contributed by atoms with E-state index in [4.69, 9.17) is 0 Å². The monoisotopic (exact) mass is 266 g/mol. The number of rotatable bonds is 5. The molecule has 1 aromatic rings.